The number of halogens is 1. The van der Waals surface area contributed by atoms with Crippen LogP contribution < -0.4 is 0 Å². The fraction of sp³-hybridized carbons (Fsp3) is 0.368. The van der Waals surface area contributed by atoms with Gasteiger partial charge in [-0.2, -0.15) is 0 Å². The molecule has 0 fully saturated rings. The van der Waals surface area contributed by atoms with E-state index in [1.165, 1.54) is 22.6 Å². The van der Waals surface area contributed by atoms with Gasteiger partial charge in [-0.3, -0.25) is 4.57 Å². The molecule has 0 saturated heterocycles. The first-order chi connectivity index (χ1) is 11.7. The molecule has 122 valence electrons. The molecular formula is C19H18BrN3O. The topological polar surface area (TPSA) is 43.9 Å². The van der Waals surface area contributed by atoms with E-state index in [2.05, 4.69) is 56.8 Å². The van der Waals surface area contributed by atoms with Crippen molar-refractivity contribution in [1.29, 1.82) is 0 Å². The first-order valence-electron chi connectivity index (χ1n) is 8.42. The third-order valence-electron chi connectivity index (χ3n) is 5.84. The minimum absolute atomic E-state index is 0.0503. The van der Waals surface area contributed by atoms with Gasteiger partial charge in [0.05, 0.1) is 11.9 Å². The summed E-state index contributed by atoms with van der Waals surface area (Å²) in [6.07, 6.45) is 6.03. The third kappa shape index (κ3) is 1.91. The van der Waals surface area contributed by atoms with Gasteiger partial charge in [-0.25, -0.2) is 4.98 Å². The summed E-state index contributed by atoms with van der Waals surface area (Å²) in [5.74, 6) is 1.64. The van der Waals surface area contributed by atoms with Crippen LogP contribution in [-0.4, -0.2) is 14.7 Å². The van der Waals surface area contributed by atoms with Crippen LogP contribution in [0.4, 0.5) is 0 Å². The minimum atomic E-state index is 0.0503. The Balaban J connectivity index is 1.67. The SMILES string of the molecule is C[C@]12Cc3cnoc3C[C@@H]1CCc1c2nc(Br)n1-c1ccccc1. The number of rotatable bonds is 1. The summed E-state index contributed by atoms with van der Waals surface area (Å²) >= 11 is 3.70. The van der Waals surface area contributed by atoms with Crippen LogP contribution in [0, 0.1) is 5.92 Å². The fourth-order valence-electron chi connectivity index (χ4n) is 4.55. The van der Waals surface area contributed by atoms with E-state index in [9.17, 15) is 0 Å². The monoisotopic (exact) mass is 383 g/mol. The summed E-state index contributed by atoms with van der Waals surface area (Å²) < 4.78 is 8.61. The molecular weight excluding hydrogens is 366 g/mol. The lowest BCUT2D eigenvalue weighted by atomic mass is 9.61. The van der Waals surface area contributed by atoms with Crippen LogP contribution in [0.2, 0.25) is 0 Å². The fourth-order valence-corrected chi connectivity index (χ4v) is 5.14. The second kappa shape index (κ2) is 5.06. The first-order valence-corrected chi connectivity index (χ1v) is 9.21. The van der Waals surface area contributed by atoms with Crippen LogP contribution in [0.15, 0.2) is 45.8 Å². The molecule has 2 aromatic heterocycles. The summed E-state index contributed by atoms with van der Waals surface area (Å²) in [5, 5.41) is 4.01. The van der Waals surface area contributed by atoms with Crippen molar-refractivity contribution in [3.05, 3.63) is 64.0 Å². The first kappa shape index (κ1) is 14.5. The molecule has 2 aliphatic carbocycles. The molecule has 2 aliphatic rings. The predicted octanol–water partition coefficient (Wildman–Crippen LogP) is 4.24. The molecule has 0 saturated carbocycles. The average molecular weight is 384 g/mol. The maximum Gasteiger partial charge on any atom is 0.182 e. The van der Waals surface area contributed by atoms with E-state index >= 15 is 0 Å². The minimum Gasteiger partial charge on any atom is -0.361 e. The zero-order valence-corrected chi connectivity index (χ0v) is 15.1. The predicted molar refractivity (Wildman–Crippen MR) is 94.3 cm³/mol. The molecule has 5 rings (SSSR count). The highest BCUT2D eigenvalue weighted by atomic mass is 79.9. The van der Waals surface area contributed by atoms with Crippen molar-refractivity contribution in [3.63, 3.8) is 0 Å². The smallest absolute Gasteiger partial charge is 0.182 e. The second-order valence-electron chi connectivity index (χ2n) is 7.16. The number of nitrogens with zero attached hydrogens (tertiary/aromatic N) is 3. The standard InChI is InChI=1S/C19H18BrN3O/c1-19-10-12-11-21-24-16(12)9-13(19)7-8-15-17(19)22-18(20)23(15)14-5-3-2-4-6-14/h2-6,11,13H,7-10H2,1H3/t13-,19-/m0/s1. The van der Waals surface area contributed by atoms with Gasteiger partial charge in [-0.05, 0) is 53.2 Å². The van der Waals surface area contributed by atoms with Gasteiger partial charge in [0.15, 0.2) is 4.73 Å². The van der Waals surface area contributed by atoms with Crippen molar-refractivity contribution >= 4 is 15.9 Å². The molecule has 0 N–H and O–H groups in total. The second-order valence-corrected chi connectivity index (χ2v) is 7.86. The Morgan fingerprint density at radius 1 is 1.29 bits per heavy atom. The van der Waals surface area contributed by atoms with E-state index in [0.29, 0.717) is 5.92 Å². The number of para-hydroxylation sites is 1. The van der Waals surface area contributed by atoms with Gasteiger partial charge in [-0.1, -0.05) is 30.3 Å². The Kier molecular flexibility index (Phi) is 3.05. The molecule has 2 heterocycles. The van der Waals surface area contributed by atoms with Gasteiger partial charge in [-0.15, -0.1) is 0 Å². The molecule has 24 heavy (non-hydrogen) atoms. The Labute approximate surface area is 149 Å². The largest absolute Gasteiger partial charge is 0.361 e. The molecule has 0 unspecified atom stereocenters. The van der Waals surface area contributed by atoms with E-state index in [4.69, 9.17) is 9.51 Å². The Hall–Kier alpha value is -1.88. The molecule has 2 atom stereocenters. The number of hydrogen-bond acceptors (Lipinski definition) is 3. The van der Waals surface area contributed by atoms with E-state index in [-0.39, 0.29) is 5.41 Å². The molecule has 3 aromatic rings. The van der Waals surface area contributed by atoms with Gasteiger partial charge < -0.3 is 4.52 Å². The zero-order chi connectivity index (χ0) is 16.3. The number of hydrogen-bond donors (Lipinski definition) is 0. The van der Waals surface area contributed by atoms with Gasteiger partial charge in [0.1, 0.15) is 5.76 Å². The molecule has 5 heteroatoms. The van der Waals surface area contributed by atoms with Crippen molar-refractivity contribution in [3.8, 4) is 5.69 Å². The third-order valence-corrected chi connectivity index (χ3v) is 6.37. The van der Waals surface area contributed by atoms with Crippen LogP contribution in [0.5, 0.6) is 0 Å². The van der Waals surface area contributed by atoms with E-state index in [0.717, 1.165) is 36.2 Å². The molecule has 0 radical (unpaired) electrons. The van der Waals surface area contributed by atoms with Crippen molar-refractivity contribution in [2.45, 2.75) is 38.0 Å². The van der Waals surface area contributed by atoms with Gasteiger partial charge in [0, 0.05) is 28.8 Å². The highest BCUT2D eigenvalue weighted by Gasteiger charge is 2.47. The lowest BCUT2D eigenvalue weighted by Crippen LogP contribution is -2.43. The maximum absolute atomic E-state index is 5.45. The summed E-state index contributed by atoms with van der Waals surface area (Å²) in [7, 11) is 0. The summed E-state index contributed by atoms with van der Waals surface area (Å²) in [4.78, 5) is 4.97. The zero-order valence-electron chi connectivity index (χ0n) is 13.5. The molecule has 0 bridgehead atoms. The van der Waals surface area contributed by atoms with Crippen molar-refractivity contribution in [2.75, 3.05) is 0 Å². The lowest BCUT2D eigenvalue weighted by Gasteiger charge is -2.43. The van der Waals surface area contributed by atoms with Crippen molar-refractivity contribution in [2.24, 2.45) is 5.92 Å². The Morgan fingerprint density at radius 2 is 2.12 bits per heavy atom. The number of imidazole rings is 1. The van der Waals surface area contributed by atoms with E-state index < -0.39 is 0 Å². The highest BCUT2D eigenvalue weighted by Crippen LogP contribution is 2.49. The van der Waals surface area contributed by atoms with Crippen LogP contribution in [0.1, 0.15) is 36.1 Å². The lowest BCUT2D eigenvalue weighted by molar-refractivity contribution is 0.206. The van der Waals surface area contributed by atoms with Crippen LogP contribution in [0.3, 0.4) is 0 Å². The molecule has 1 aromatic carbocycles. The Bertz CT molecular complexity index is 914. The summed E-state index contributed by atoms with van der Waals surface area (Å²) in [6.45, 7) is 2.36. The van der Waals surface area contributed by atoms with Gasteiger partial charge in [0.25, 0.3) is 0 Å². The Morgan fingerprint density at radius 3 is 2.96 bits per heavy atom. The van der Waals surface area contributed by atoms with Crippen LogP contribution in [0.25, 0.3) is 5.69 Å². The normalized spacial score (nSPS) is 25.0. The summed E-state index contributed by atoms with van der Waals surface area (Å²) in [6, 6.07) is 10.5. The summed E-state index contributed by atoms with van der Waals surface area (Å²) in [5.41, 5.74) is 5.04. The van der Waals surface area contributed by atoms with Gasteiger partial charge in [0.2, 0.25) is 0 Å². The molecule has 0 spiro atoms. The average Bonchev–Trinajstić information content (AvgIpc) is 3.16. The van der Waals surface area contributed by atoms with Crippen molar-refractivity contribution in [1.82, 2.24) is 14.7 Å². The number of benzene rings is 1. The van der Waals surface area contributed by atoms with Crippen LogP contribution >= 0.6 is 15.9 Å². The number of aromatic nitrogens is 3. The number of fused-ring (bicyclic) bond motifs is 4. The highest BCUT2D eigenvalue weighted by molar-refractivity contribution is 9.10. The molecule has 4 nitrogen and oxygen atoms in total. The van der Waals surface area contributed by atoms with E-state index in [1.54, 1.807) is 0 Å². The van der Waals surface area contributed by atoms with E-state index in [1.807, 2.05) is 12.3 Å². The van der Waals surface area contributed by atoms with Crippen molar-refractivity contribution < 1.29 is 4.52 Å². The molecule has 0 amide bonds. The maximum atomic E-state index is 5.45. The van der Waals surface area contributed by atoms with Crippen LogP contribution in [-0.2, 0) is 24.7 Å². The van der Waals surface area contributed by atoms with Gasteiger partial charge >= 0.3 is 0 Å². The molecule has 0 aliphatic heterocycles. The quantitative estimate of drug-likeness (QED) is 0.630.